The first-order valence-corrected chi connectivity index (χ1v) is 13.2. The number of anilines is 1. The normalized spacial score (nSPS) is 17.0. The fourth-order valence-electron chi connectivity index (χ4n) is 5.23. The fraction of sp³-hybridized carbons (Fsp3) is 0.367. The Kier molecular flexibility index (Phi) is 8.08. The zero-order valence-corrected chi connectivity index (χ0v) is 21.4. The number of nitrogens with zero attached hydrogens (tertiary/aromatic N) is 4. The molecule has 5 rings (SSSR count). The highest BCUT2D eigenvalue weighted by Gasteiger charge is 2.25. The highest BCUT2D eigenvalue weighted by Crippen LogP contribution is 2.26. The number of ketones is 1. The maximum Gasteiger partial charge on any atom is 0.272 e. The van der Waals surface area contributed by atoms with E-state index in [4.69, 9.17) is 0 Å². The first-order chi connectivity index (χ1) is 18.4. The Morgan fingerprint density at radius 2 is 1.42 bits per heavy atom. The summed E-state index contributed by atoms with van der Waals surface area (Å²) in [6.07, 6.45) is 3.79. The van der Waals surface area contributed by atoms with Gasteiger partial charge in [0.1, 0.15) is 17.3 Å². The van der Waals surface area contributed by atoms with E-state index in [9.17, 15) is 18.4 Å². The van der Waals surface area contributed by atoms with Gasteiger partial charge >= 0.3 is 0 Å². The van der Waals surface area contributed by atoms with Gasteiger partial charge in [-0.1, -0.05) is 12.1 Å². The molecule has 0 bridgehead atoms. The zero-order valence-electron chi connectivity index (χ0n) is 21.4. The molecule has 2 saturated heterocycles. The van der Waals surface area contributed by atoms with Crippen molar-refractivity contribution in [1.82, 2.24) is 14.8 Å². The molecule has 2 aliphatic heterocycles. The molecule has 6 nitrogen and oxygen atoms in total. The predicted octanol–water partition coefficient (Wildman–Crippen LogP) is 4.81. The van der Waals surface area contributed by atoms with Crippen LogP contribution in [0.4, 0.5) is 14.5 Å². The van der Waals surface area contributed by atoms with Gasteiger partial charge in [0.25, 0.3) is 5.91 Å². The van der Waals surface area contributed by atoms with Gasteiger partial charge in [-0.05, 0) is 72.9 Å². The number of amides is 1. The Balaban J connectivity index is 1.08. The maximum atomic E-state index is 13.2. The number of benzene rings is 2. The lowest BCUT2D eigenvalue weighted by Gasteiger charge is -2.34. The van der Waals surface area contributed by atoms with Crippen molar-refractivity contribution in [3.63, 3.8) is 0 Å². The van der Waals surface area contributed by atoms with E-state index in [1.807, 2.05) is 0 Å². The van der Waals surface area contributed by atoms with Crippen LogP contribution in [0.3, 0.4) is 0 Å². The molecule has 3 heterocycles. The molecule has 0 atom stereocenters. The van der Waals surface area contributed by atoms with Crippen LogP contribution in [-0.2, 0) is 6.54 Å². The summed E-state index contributed by atoms with van der Waals surface area (Å²) in [5.74, 6) is -0.263. The van der Waals surface area contributed by atoms with E-state index in [1.54, 1.807) is 41.3 Å². The van der Waals surface area contributed by atoms with Crippen LogP contribution in [0.15, 0.2) is 66.9 Å². The third kappa shape index (κ3) is 6.42. The second-order valence-electron chi connectivity index (χ2n) is 10.2. The molecule has 0 N–H and O–H groups in total. The van der Waals surface area contributed by atoms with Crippen LogP contribution in [0.25, 0.3) is 0 Å². The first kappa shape index (κ1) is 26.0. The number of aromatic nitrogens is 1. The van der Waals surface area contributed by atoms with Gasteiger partial charge in [0.05, 0.1) is 0 Å². The Hall–Kier alpha value is -3.65. The van der Waals surface area contributed by atoms with Crippen molar-refractivity contribution in [1.29, 1.82) is 0 Å². The topological polar surface area (TPSA) is 56.8 Å². The molecule has 2 aromatic carbocycles. The summed E-state index contributed by atoms with van der Waals surface area (Å²) < 4.78 is 26.3. The molecule has 2 fully saturated rings. The van der Waals surface area contributed by atoms with Crippen LogP contribution in [0.2, 0.25) is 0 Å². The van der Waals surface area contributed by atoms with Gasteiger partial charge in [0, 0.05) is 69.7 Å². The van der Waals surface area contributed by atoms with Gasteiger partial charge in [0.2, 0.25) is 0 Å². The maximum absolute atomic E-state index is 13.2. The van der Waals surface area contributed by atoms with Crippen molar-refractivity contribution in [3.8, 4) is 0 Å². The highest BCUT2D eigenvalue weighted by atomic mass is 19.1. The molecule has 0 aliphatic carbocycles. The molecule has 0 spiro atoms. The molecule has 38 heavy (non-hydrogen) atoms. The molecule has 198 valence electrons. The summed E-state index contributed by atoms with van der Waals surface area (Å²) in [7, 11) is 0. The average molecular weight is 519 g/mol. The number of carbonyl (C=O) groups is 2. The van der Waals surface area contributed by atoms with Gasteiger partial charge in [0.15, 0.2) is 5.78 Å². The second kappa shape index (κ2) is 11.8. The first-order valence-electron chi connectivity index (χ1n) is 13.2. The highest BCUT2D eigenvalue weighted by molar-refractivity contribution is 5.97. The molecule has 3 aromatic rings. The molecule has 0 unspecified atom stereocenters. The third-order valence-corrected chi connectivity index (χ3v) is 7.56. The van der Waals surface area contributed by atoms with Crippen molar-refractivity contribution in [3.05, 3.63) is 95.3 Å². The number of piperidine rings is 1. The predicted molar refractivity (Wildman–Crippen MR) is 142 cm³/mol. The van der Waals surface area contributed by atoms with Crippen LogP contribution in [0.5, 0.6) is 0 Å². The van der Waals surface area contributed by atoms with Gasteiger partial charge in [-0.25, -0.2) is 8.78 Å². The van der Waals surface area contributed by atoms with E-state index in [0.29, 0.717) is 36.7 Å². The Labute approximate surface area is 221 Å². The minimum absolute atomic E-state index is 0.0474. The molecular formula is C30H32F2N4O2. The minimum Gasteiger partial charge on any atom is -0.372 e. The quantitative estimate of drug-likeness (QED) is 0.421. The Morgan fingerprint density at radius 1 is 0.789 bits per heavy atom. The Morgan fingerprint density at radius 3 is 2.03 bits per heavy atom. The number of rotatable bonds is 7. The average Bonchev–Trinajstić information content (AvgIpc) is 2.95. The van der Waals surface area contributed by atoms with Crippen molar-refractivity contribution in [2.75, 3.05) is 44.2 Å². The summed E-state index contributed by atoms with van der Waals surface area (Å²) >= 11 is 0. The molecular weight excluding hydrogens is 486 g/mol. The number of pyridine rings is 1. The minimum atomic E-state index is -0.242. The molecule has 8 heteroatoms. The van der Waals surface area contributed by atoms with Crippen molar-refractivity contribution in [2.24, 2.45) is 5.92 Å². The van der Waals surface area contributed by atoms with Crippen LogP contribution in [0.1, 0.15) is 45.7 Å². The van der Waals surface area contributed by atoms with Gasteiger partial charge in [-0.15, -0.1) is 0 Å². The van der Waals surface area contributed by atoms with E-state index in [1.165, 1.54) is 30.5 Å². The van der Waals surface area contributed by atoms with Crippen molar-refractivity contribution >= 4 is 17.4 Å². The van der Waals surface area contributed by atoms with E-state index in [0.717, 1.165) is 56.8 Å². The van der Waals surface area contributed by atoms with E-state index < -0.39 is 0 Å². The van der Waals surface area contributed by atoms with Crippen LogP contribution in [-0.4, -0.2) is 65.7 Å². The number of carbonyl (C=O) groups excluding carboxylic acids is 2. The molecule has 0 saturated carbocycles. The molecule has 0 radical (unpaired) electrons. The lowest BCUT2D eigenvalue weighted by atomic mass is 9.90. The SMILES string of the molecule is O=C(CC1CCN(c2ccc(F)cc2)CC1)c1ccc(C(=O)N2CCN(Cc3ccc(F)cc3)CC2)nc1. The summed E-state index contributed by atoms with van der Waals surface area (Å²) in [5, 5.41) is 0. The summed E-state index contributed by atoms with van der Waals surface area (Å²) in [4.78, 5) is 36.4. The third-order valence-electron chi connectivity index (χ3n) is 7.56. The molecule has 1 amide bonds. The van der Waals surface area contributed by atoms with E-state index in [2.05, 4.69) is 14.8 Å². The lowest BCUT2D eigenvalue weighted by Crippen LogP contribution is -2.48. The number of halogens is 2. The number of hydrogen-bond acceptors (Lipinski definition) is 5. The molecule has 2 aliphatic rings. The van der Waals surface area contributed by atoms with Crippen LogP contribution in [0, 0.1) is 17.6 Å². The van der Waals surface area contributed by atoms with Gasteiger partial charge in [-0.2, -0.15) is 0 Å². The standard InChI is InChI=1S/C30H32F2N4O2/c31-25-4-1-23(2-5-25)21-34-15-17-36(18-16-34)30(38)28-10-3-24(20-33-28)29(37)19-22-11-13-35(14-12-22)27-8-6-26(32)7-9-27/h1-10,20,22H,11-19,21H2. The zero-order chi connectivity index (χ0) is 26.5. The fourth-order valence-corrected chi connectivity index (χ4v) is 5.23. The van der Waals surface area contributed by atoms with Gasteiger partial charge < -0.3 is 9.80 Å². The van der Waals surface area contributed by atoms with Crippen LogP contribution >= 0.6 is 0 Å². The summed E-state index contributed by atoms with van der Waals surface area (Å²) in [6, 6.07) is 16.4. The van der Waals surface area contributed by atoms with Crippen molar-refractivity contribution in [2.45, 2.75) is 25.8 Å². The largest absolute Gasteiger partial charge is 0.372 e. The number of piperazine rings is 1. The smallest absolute Gasteiger partial charge is 0.272 e. The van der Waals surface area contributed by atoms with Gasteiger partial charge in [-0.3, -0.25) is 19.5 Å². The Bertz CT molecular complexity index is 1230. The monoisotopic (exact) mass is 518 g/mol. The number of Topliss-reactive ketones (excluding diaryl/α,β-unsaturated/α-hetero) is 1. The molecule has 1 aromatic heterocycles. The number of hydrogen-bond donors (Lipinski definition) is 0. The lowest BCUT2D eigenvalue weighted by molar-refractivity contribution is 0.0622. The van der Waals surface area contributed by atoms with Crippen molar-refractivity contribution < 1.29 is 18.4 Å². The summed E-state index contributed by atoms with van der Waals surface area (Å²) in [6.45, 7) is 5.07. The second-order valence-corrected chi connectivity index (χ2v) is 10.2. The van der Waals surface area contributed by atoms with E-state index in [-0.39, 0.29) is 23.3 Å². The van der Waals surface area contributed by atoms with Crippen LogP contribution < -0.4 is 4.90 Å². The van der Waals surface area contributed by atoms with E-state index >= 15 is 0 Å². The summed E-state index contributed by atoms with van der Waals surface area (Å²) in [5.41, 5.74) is 2.94.